The average Bonchev–Trinajstić information content (AvgIpc) is 3.60. The molecule has 0 aliphatic carbocycles. The molecule has 0 unspecified atom stereocenters. The van der Waals surface area contributed by atoms with Crippen LogP contribution in [0.15, 0.2) is 78.9 Å². The quantitative estimate of drug-likeness (QED) is 0.221. The van der Waals surface area contributed by atoms with E-state index in [2.05, 4.69) is 61.9 Å². The summed E-state index contributed by atoms with van der Waals surface area (Å²) in [5.41, 5.74) is 4.68. The lowest BCUT2D eigenvalue weighted by Crippen LogP contribution is -2.08. The summed E-state index contributed by atoms with van der Waals surface area (Å²) < 4.78 is 1.87. The maximum absolute atomic E-state index is 13.0. The number of rotatable bonds is 10. The molecule has 0 aliphatic heterocycles. The zero-order chi connectivity index (χ0) is 24.7. The van der Waals surface area contributed by atoms with Crippen LogP contribution in [-0.2, 0) is 13.0 Å². The molecule has 0 saturated carbocycles. The average molecular weight is 478 g/mol. The summed E-state index contributed by atoms with van der Waals surface area (Å²) >= 11 is 0. The number of hydrogen-bond donors (Lipinski definition) is 1. The zero-order valence-corrected chi connectivity index (χ0v) is 20.1. The minimum atomic E-state index is -0.153. The minimum Gasteiger partial charge on any atom is -0.285 e. The summed E-state index contributed by atoms with van der Waals surface area (Å²) in [7, 11) is 0. The standard InChI is InChI=1S/C28H27N7O/c1-2-3-5-14-25-29-28(26(36)22-10-6-4-7-11-22)32-35(25)19-20-15-17-21(18-16-20)23-12-8-9-13-24(23)27-30-33-34-31-27/h4,6-13,15-18H,2-3,5,14,19H2,1H3,(H,30,31,33,34). The van der Waals surface area contributed by atoms with E-state index < -0.39 is 0 Å². The third-order valence-electron chi connectivity index (χ3n) is 6.10. The van der Waals surface area contributed by atoms with Crippen molar-refractivity contribution in [2.75, 3.05) is 0 Å². The van der Waals surface area contributed by atoms with Gasteiger partial charge in [-0.15, -0.1) is 15.3 Å². The van der Waals surface area contributed by atoms with E-state index in [0.717, 1.165) is 53.8 Å². The van der Waals surface area contributed by atoms with Crippen LogP contribution in [0.2, 0.25) is 0 Å². The molecule has 0 aliphatic rings. The molecule has 180 valence electrons. The highest BCUT2D eigenvalue weighted by atomic mass is 16.1. The van der Waals surface area contributed by atoms with Crippen LogP contribution in [0.1, 0.15) is 53.8 Å². The third kappa shape index (κ3) is 5.12. The molecule has 8 nitrogen and oxygen atoms in total. The van der Waals surface area contributed by atoms with Crippen LogP contribution >= 0.6 is 0 Å². The van der Waals surface area contributed by atoms with E-state index in [-0.39, 0.29) is 11.6 Å². The molecule has 3 aromatic carbocycles. The third-order valence-corrected chi connectivity index (χ3v) is 6.10. The van der Waals surface area contributed by atoms with Crippen molar-refractivity contribution in [3.8, 4) is 22.5 Å². The van der Waals surface area contributed by atoms with Crippen molar-refractivity contribution in [3.63, 3.8) is 0 Å². The van der Waals surface area contributed by atoms with E-state index in [4.69, 9.17) is 0 Å². The smallest absolute Gasteiger partial charge is 0.232 e. The maximum atomic E-state index is 13.0. The number of carbonyl (C=O) groups excluding carboxylic acids is 1. The van der Waals surface area contributed by atoms with E-state index in [0.29, 0.717) is 17.9 Å². The van der Waals surface area contributed by atoms with Gasteiger partial charge in [-0.3, -0.25) is 4.79 Å². The molecule has 0 radical (unpaired) electrons. The molecule has 0 spiro atoms. The Hall–Kier alpha value is -4.46. The number of aryl methyl sites for hydroxylation is 1. The van der Waals surface area contributed by atoms with Crippen molar-refractivity contribution in [2.45, 2.75) is 39.2 Å². The summed E-state index contributed by atoms with van der Waals surface area (Å²) in [6, 6.07) is 25.5. The zero-order valence-electron chi connectivity index (χ0n) is 20.1. The largest absolute Gasteiger partial charge is 0.285 e. The van der Waals surface area contributed by atoms with E-state index in [1.165, 1.54) is 0 Å². The molecule has 5 rings (SSSR count). The number of aromatic nitrogens is 7. The predicted octanol–water partition coefficient (Wildman–Crippen LogP) is 5.14. The second-order valence-electron chi connectivity index (χ2n) is 8.64. The minimum absolute atomic E-state index is 0.153. The molecule has 0 amide bonds. The first kappa shape index (κ1) is 23.3. The number of tetrazole rings is 1. The maximum Gasteiger partial charge on any atom is 0.232 e. The van der Waals surface area contributed by atoms with Gasteiger partial charge < -0.3 is 0 Å². The number of carbonyl (C=O) groups is 1. The lowest BCUT2D eigenvalue weighted by atomic mass is 9.98. The lowest BCUT2D eigenvalue weighted by molar-refractivity contribution is 0.102. The van der Waals surface area contributed by atoms with Gasteiger partial charge in [0.05, 0.1) is 6.54 Å². The number of benzene rings is 3. The van der Waals surface area contributed by atoms with E-state index in [1.807, 2.05) is 47.1 Å². The van der Waals surface area contributed by atoms with Gasteiger partial charge in [-0.05, 0) is 28.3 Å². The number of H-pyrrole nitrogens is 1. The van der Waals surface area contributed by atoms with Gasteiger partial charge in [0.2, 0.25) is 17.4 Å². The Morgan fingerprint density at radius 2 is 1.64 bits per heavy atom. The van der Waals surface area contributed by atoms with Crippen molar-refractivity contribution in [3.05, 3.63) is 102 Å². The number of hydrogen-bond acceptors (Lipinski definition) is 6. The Bertz CT molecular complexity index is 1420. The summed E-state index contributed by atoms with van der Waals surface area (Å²) in [6.45, 7) is 2.72. The van der Waals surface area contributed by atoms with Gasteiger partial charge >= 0.3 is 0 Å². The summed E-state index contributed by atoms with van der Waals surface area (Å²) in [6.07, 6.45) is 4.04. The number of unbranched alkanes of at least 4 members (excludes halogenated alkanes) is 2. The van der Waals surface area contributed by atoms with Gasteiger partial charge in [-0.25, -0.2) is 9.67 Å². The van der Waals surface area contributed by atoms with Crippen LogP contribution in [0.25, 0.3) is 22.5 Å². The van der Waals surface area contributed by atoms with Crippen molar-refractivity contribution in [1.82, 2.24) is 35.4 Å². The molecule has 0 bridgehead atoms. The molecular weight excluding hydrogens is 450 g/mol. The number of nitrogens with zero attached hydrogens (tertiary/aromatic N) is 6. The predicted molar refractivity (Wildman–Crippen MR) is 137 cm³/mol. The summed E-state index contributed by atoms with van der Waals surface area (Å²) in [5, 5.41) is 19.1. The Morgan fingerprint density at radius 1 is 0.889 bits per heavy atom. The molecule has 0 saturated heterocycles. The number of ketones is 1. The van der Waals surface area contributed by atoms with Crippen molar-refractivity contribution < 1.29 is 4.79 Å². The molecule has 0 atom stereocenters. The molecule has 0 fully saturated rings. The van der Waals surface area contributed by atoms with Gasteiger partial charge in [-0.2, -0.15) is 5.21 Å². The number of nitrogens with one attached hydrogen (secondary N) is 1. The highest BCUT2D eigenvalue weighted by Gasteiger charge is 2.18. The van der Waals surface area contributed by atoms with Crippen molar-refractivity contribution in [1.29, 1.82) is 0 Å². The molecule has 36 heavy (non-hydrogen) atoms. The fourth-order valence-corrected chi connectivity index (χ4v) is 4.20. The van der Waals surface area contributed by atoms with Crippen LogP contribution < -0.4 is 0 Å². The van der Waals surface area contributed by atoms with Gasteiger partial charge in [0, 0.05) is 17.5 Å². The fourth-order valence-electron chi connectivity index (χ4n) is 4.20. The Morgan fingerprint density at radius 3 is 2.36 bits per heavy atom. The van der Waals surface area contributed by atoms with E-state index >= 15 is 0 Å². The number of aromatic amines is 1. The van der Waals surface area contributed by atoms with Crippen LogP contribution in [-0.4, -0.2) is 41.2 Å². The molecule has 2 heterocycles. The van der Waals surface area contributed by atoms with Gasteiger partial charge in [0.15, 0.2) is 0 Å². The SMILES string of the molecule is CCCCCc1nc(C(=O)c2ccccc2)nn1Cc1ccc(-c2ccccc2-c2nn[nH]n2)cc1. The second kappa shape index (κ2) is 10.9. The normalized spacial score (nSPS) is 11.0. The van der Waals surface area contributed by atoms with Gasteiger partial charge in [0.1, 0.15) is 5.82 Å². The van der Waals surface area contributed by atoms with E-state index in [9.17, 15) is 4.79 Å². The van der Waals surface area contributed by atoms with Gasteiger partial charge in [0.25, 0.3) is 0 Å². The topological polar surface area (TPSA) is 102 Å². The molecule has 1 N–H and O–H groups in total. The first-order valence-electron chi connectivity index (χ1n) is 12.2. The van der Waals surface area contributed by atoms with Crippen LogP contribution in [0.4, 0.5) is 0 Å². The fraction of sp³-hybridized carbons (Fsp3) is 0.214. The monoisotopic (exact) mass is 477 g/mol. The molecule has 8 heteroatoms. The van der Waals surface area contributed by atoms with Crippen LogP contribution in [0.3, 0.4) is 0 Å². The van der Waals surface area contributed by atoms with Crippen LogP contribution in [0, 0.1) is 0 Å². The van der Waals surface area contributed by atoms with Crippen LogP contribution in [0.5, 0.6) is 0 Å². The summed E-state index contributed by atoms with van der Waals surface area (Å²) in [4.78, 5) is 17.6. The van der Waals surface area contributed by atoms with Gasteiger partial charge in [-0.1, -0.05) is 98.6 Å². The molecule has 2 aromatic heterocycles. The highest BCUT2D eigenvalue weighted by Crippen LogP contribution is 2.29. The summed E-state index contributed by atoms with van der Waals surface area (Å²) in [5.74, 6) is 1.50. The van der Waals surface area contributed by atoms with Crippen molar-refractivity contribution >= 4 is 5.78 Å². The second-order valence-corrected chi connectivity index (χ2v) is 8.64. The Kier molecular flexibility index (Phi) is 7.02. The first-order chi connectivity index (χ1) is 17.7. The Balaban J connectivity index is 1.40. The van der Waals surface area contributed by atoms with E-state index in [1.54, 1.807) is 12.1 Å². The molecular formula is C28H27N7O. The molecule has 5 aromatic rings. The highest BCUT2D eigenvalue weighted by molar-refractivity contribution is 6.06. The first-order valence-corrected chi connectivity index (χ1v) is 12.2. The lowest BCUT2D eigenvalue weighted by Gasteiger charge is -2.09. The van der Waals surface area contributed by atoms with Crippen molar-refractivity contribution in [2.24, 2.45) is 0 Å². The Labute approximate surface area is 209 Å².